The molecule has 0 aliphatic carbocycles. The average Bonchev–Trinajstić information content (AvgIpc) is 2.13. The molecule has 0 aromatic carbocycles. The summed E-state index contributed by atoms with van der Waals surface area (Å²) in [6, 6.07) is 1.62. The SMILES string of the molecule is OC(CCC(F)(F)F)c1ncc(Br)cc1Br. The maximum Gasteiger partial charge on any atom is 0.389 e. The van der Waals surface area contributed by atoms with Crippen molar-refractivity contribution in [3.8, 4) is 0 Å². The molecule has 1 aromatic rings. The van der Waals surface area contributed by atoms with Gasteiger partial charge in [0.15, 0.2) is 0 Å². The molecular formula is C9H8Br2F3NO. The van der Waals surface area contributed by atoms with Crippen molar-refractivity contribution in [3.05, 3.63) is 26.9 Å². The van der Waals surface area contributed by atoms with Crippen molar-refractivity contribution in [3.63, 3.8) is 0 Å². The zero-order valence-corrected chi connectivity index (χ0v) is 11.1. The van der Waals surface area contributed by atoms with Crippen molar-refractivity contribution >= 4 is 31.9 Å². The van der Waals surface area contributed by atoms with Gasteiger partial charge >= 0.3 is 6.18 Å². The molecule has 0 spiro atoms. The number of hydrogen-bond acceptors (Lipinski definition) is 2. The predicted octanol–water partition coefficient (Wildman–Crippen LogP) is 3.98. The Balaban J connectivity index is 2.70. The molecule has 1 aromatic heterocycles. The van der Waals surface area contributed by atoms with Crippen molar-refractivity contribution in [2.75, 3.05) is 0 Å². The fourth-order valence-electron chi connectivity index (χ4n) is 1.11. The van der Waals surface area contributed by atoms with Gasteiger partial charge in [-0.3, -0.25) is 4.98 Å². The smallest absolute Gasteiger partial charge is 0.387 e. The summed E-state index contributed by atoms with van der Waals surface area (Å²) < 4.78 is 37.0. The molecule has 0 aliphatic rings. The van der Waals surface area contributed by atoms with Gasteiger partial charge in [-0.2, -0.15) is 13.2 Å². The van der Waals surface area contributed by atoms with Gasteiger partial charge in [-0.15, -0.1) is 0 Å². The largest absolute Gasteiger partial charge is 0.389 e. The quantitative estimate of drug-likeness (QED) is 0.882. The number of aliphatic hydroxyl groups excluding tert-OH is 1. The molecule has 2 nitrogen and oxygen atoms in total. The maximum atomic E-state index is 11.9. The van der Waals surface area contributed by atoms with Crippen molar-refractivity contribution in [2.24, 2.45) is 0 Å². The molecule has 0 radical (unpaired) electrons. The van der Waals surface area contributed by atoms with E-state index in [4.69, 9.17) is 0 Å². The third-order valence-electron chi connectivity index (χ3n) is 1.85. The molecule has 0 amide bonds. The van der Waals surface area contributed by atoms with Gasteiger partial charge in [-0.25, -0.2) is 0 Å². The van der Waals surface area contributed by atoms with Crippen LogP contribution in [0.5, 0.6) is 0 Å². The Morgan fingerprint density at radius 1 is 1.38 bits per heavy atom. The molecule has 1 rings (SSSR count). The van der Waals surface area contributed by atoms with Gasteiger partial charge in [0.05, 0.1) is 11.8 Å². The number of rotatable bonds is 3. The third-order valence-corrected chi connectivity index (χ3v) is 2.92. The highest BCUT2D eigenvalue weighted by Crippen LogP contribution is 2.30. The summed E-state index contributed by atoms with van der Waals surface area (Å²) in [5.74, 6) is 0. The van der Waals surface area contributed by atoms with Gasteiger partial charge in [-0.1, -0.05) is 0 Å². The first-order valence-electron chi connectivity index (χ1n) is 4.35. The third kappa shape index (κ3) is 4.39. The number of aliphatic hydroxyl groups is 1. The minimum atomic E-state index is -4.26. The molecule has 1 heterocycles. The predicted molar refractivity (Wildman–Crippen MR) is 59.9 cm³/mol. The summed E-state index contributed by atoms with van der Waals surface area (Å²) in [6.45, 7) is 0. The van der Waals surface area contributed by atoms with Gasteiger partial charge in [0.25, 0.3) is 0 Å². The van der Waals surface area contributed by atoms with Crippen LogP contribution >= 0.6 is 31.9 Å². The number of halogens is 5. The summed E-state index contributed by atoms with van der Waals surface area (Å²) in [5, 5.41) is 9.55. The van der Waals surface area contributed by atoms with E-state index in [0.29, 0.717) is 8.95 Å². The van der Waals surface area contributed by atoms with Crippen molar-refractivity contribution < 1.29 is 18.3 Å². The van der Waals surface area contributed by atoms with Gasteiger partial charge < -0.3 is 5.11 Å². The van der Waals surface area contributed by atoms with E-state index in [2.05, 4.69) is 36.8 Å². The van der Waals surface area contributed by atoms with E-state index >= 15 is 0 Å². The van der Waals surface area contributed by atoms with Crippen LogP contribution in [0.2, 0.25) is 0 Å². The molecule has 1 N–H and O–H groups in total. The number of aromatic nitrogens is 1. The molecule has 0 saturated carbocycles. The van der Waals surface area contributed by atoms with Crippen LogP contribution in [-0.2, 0) is 0 Å². The highest BCUT2D eigenvalue weighted by Gasteiger charge is 2.28. The zero-order valence-electron chi connectivity index (χ0n) is 7.93. The lowest BCUT2D eigenvalue weighted by Gasteiger charge is -2.13. The molecule has 0 bridgehead atoms. The Morgan fingerprint density at radius 3 is 2.50 bits per heavy atom. The number of alkyl halides is 3. The van der Waals surface area contributed by atoms with Crippen molar-refractivity contribution in [2.45, 2.75) is 25.1 Å². The van der Waals surface area contributed by atoms with E-state index in [-0.39, 0.29) is 5.69 Å². The van der Waals surface area contributed by atoms with Crippen LogP contribution in [-0.4, -0.2) is 16.3 Å². The Morgan fingerprint density at radius 2 is 2.00 bits per heavy atom. The fourth-order valence-corrected chi connectivity index (χ4v) is 2.36. The fraction of sp³-hybridized carbons (Fsp3) is 0.444. The van der Waals surface area contributed by atoms with E-state index < -0.39 is 25.1 Å². The molecule has 1 atom stereocenters. The van der Waals surface area contributed by atoms with E-state index in [0.717, 1.165) is 0 Å². The standard InChI is InChI=1S/C9H8Br2F3NO/c10-5-3-6(11)8(15-4-5)7(16)1-2-9(12,13)14/h3-4,7,16H,1-2H2. The molecule has 16 heavy (non-hydrogen) atoms. The van der Waals surface area contributed by atoms with Crippen molar-refractivity contribution in [1.29, 1.82) is 0 Å². The van der Waals surface area contributed by atoms with Gasteiger partial charge in [0.2, 0.25) is 0 Å². The molecule has 0 saturated heterocycles. The first kappa shape index (κ1) is 13.9. The molecule has 1 unspecified atom stereocenters. The Hall–Kier alpha value is -0.140. The molecule has 90 valence electrons. The highest BCUT2D eigenvalue weighted by molar-refractivity contribution is 9.11. The van der Waals surface area contributed by atoms with Gasteiger partial charge in [0.1, 0.15) is 0 Å². The summed E-state index contributed by atoms with van der Waals surface area (Å²) in [6.07, 6.45) is -5.47. The first-order chi connectivity index (χ1) is 7.29. The normalized spacial score (nSPS) is 13.9. The second kappa shape index (κ2) is 5.46. The Kier molecular flexibility index (Phi) is 4.75. The zero-order chi connectivity index (χ0) is 12.3. The number of pyridine rings is 1. The lowest BCUT2D eigenvalue weighted by molar-refractivity contribution is -0.140. The second-order valence-electron chi connectivity index (χ2n) is 3.19. The lowest BCUT2D eigenvalue weighted by atomic mass is 10.1. The number of nitrogens with zero attached hydrogens (tertiary/aromatic N) is 1. The van der Waals surface area contributed by atoms with Crippen LogP contribution in [0.4, 0.5) is 13.2 Å². The highest BCUT2D eigenvalue weighted by atomic mass is 79.9. The molecular weight excluding hydrogens is 355 g/mol. The topological polar surface area (TPSA) is 33.1 Å². The van der Waals surface area contributed by atoms with Crippen LogP contribution in [0.15, 0.2) is 21.2 Å². The van der Waals surface area contributed by atoms with Crippen molar-refractivity contribution in [1.82, 2.24) is 4.98 Å². The Bertz CT molecular complexity index is 370. The maximum absolute atomic E-state index is 11.9. The van der Waals surface area contributed by atoms with Crippen LogP contribution in [0.3, 0.4) is 0 Å². The Labute approximate surface area is 107 Å². The minimum absolute atomic E-state index is 0.215. The molecule has 0 fully saturated rings. The van der Waals surface area contributed by atoms with Crippen LogP contribution < -0.4 is 0 Å². The summed E-state index contributed by atoms with van der Waals surface area (Å²) >= 11 is 6.30. The second-order valence-corrected chi connectivity index (χ2v) is 4.96. The monoisotopic (exact) mass is 361 g/mol. The van der Waals surface area contributed by atoms with Gasteiger partial charge in [-0.05, 0) is 44.3 Å². The van der Waals surface area contributed by atoms with Crippen LogP contribution in [0.25, 0.3) is 0 Å². The first-order valence-corrected chi connectivity index (χ1v) is 5.94. The minimum Gasteiger partial charge on any atom is -0.387 e. The van der Waals surface area contributed by atoms with E-state index in [1.54, 1.807) is 6.07 Å². The average molecular weight is 363 g/mol. The number of hydrogen-bond donors (Lipinski definition) is 1. The molecule has 7 heteroatoms. The molecule has 0 aliphatic heterocycles. The summed E-state index contributed by atoms with van der Waals surface area (Å²) in [5.41, 5.74) is 0.215. The lowest BCUT2D eigenvalue weighted by Crippen LogP contribution is -2.11. The van der Waals surface area contributed by atoms with E-state index in [1.165, 1.54) is 6.20 Å². The van der Waals surface area contributed by atoms with Crippen LogP contribution in [0.1, 0.15) is 24.6 Å². The van der Waals surface area contributed by atoms with Crippen LogP contribution in [0, 0.1) is 0 Å². The van der Waals surface area contributed by atoms with E-state index in [1.807, 2.05) is 0 Å². The summed E-state index contributed by atoms with van der Waals surface area (Å²) in [7, 11) is 0. The van der Waals surface area contributed by atoms with Gasteiger partial charge in [0, 0.05) is 21.6 Å². The summed E-state index contributed by atoms with van der Waals surface area (Å²) in [4.78, 5) is 3.87. The van der Waals surface area contributed by atoms with E-state index in [9.17, 15) is 18.3 Å².